The van der Waals surface area contributed by atoms with Gasteiger partial charge in [-0.25, -0.2) is 0 Å². The fourth-order valence-corrected chi connectivity index (χ4v) is 2.26. The Morgan fingerprint density at radius 2 is 2.07 bits per heavy atom. The molecule has 1 aliphatic rings. The van der Waals surface area contributed by atoms with Gasteiger partial charge in [0.1, 0.15) is 0 Å². The maximum atomic E-state index is 11.5. The predicted molar refractivity (Wildman–Crippen MR) is 60.4 cm³/mol. The monoisotopic (exact) mass is 203 g/mol. The third-order valence-corrected chi connectivity index (χ3v) is 3.26. The normalized spacial score (nSPS) is 22.4. The first-order valence-corrected chi connectivity index (χ1v) is 5.60. The Balaban J connectivity index is 2.14. The van der Waals surface area contributed by atoms with E-state index in [0.29, 0.717) is 11.9 Å². The summed E-state index contributed by atoms with van der Waals surface area (Å²) in [7, 11) is 0. The van der Waals surface area contributed by atoms with Crippen LogP contribution in [0.4, 0.5) is 0 Å². The average Bonchev–Trinajstić information content (AvgIpc) is 2.26. The molecule has 1 heterocycles. The van der Waals surface area contributed by atoms with E-state index in [1.165, 1.54) is 5.56 Å². The van der Waals surface area contributed by atoms with Crippen LogP contribution >= 0.6 is 0 Å². The fraction of sp³-hybridized carbons (Fsp3) is 0.462. The van der Waals surface area contributed by atoms with Crippen molar-refractivity contribution in [3.63, 3.8) is 0 Å². The summed E-state index contributed by atoms with van der Waals surface area (Å²) in [4.78, 5) is 13.5. The van der Waals surface area contributed by atoms with Crippen LogP contribution in [0.15, 0.2) is 30.3 Å². The summed E-state index contributed by atoms with van der Waals surface area (Å²) >= 11 is 0. The van der Waals surface area contributed by atoms with Crippen LogP contribution in [0.5, 0.6) is 0 Å². The second-order valence-corrected chi connectivity index (χ2v) is 4.15. The minimum atomic E-state index is 0.220. The van der Waals surface area contributed by atoms with Crippen LogP contribution in [-0.2, 0) is 4.79 Å². The van der Waals surface area contributed by atoms with Crippen molar-refractivity contribution in [2.24, 2.45) is 0 Å². The third-order valence-electron chi connectivity index (χ3n) is 3.26. The molecule has 0 spiro atoms. The van der Waals surface area contributed by atoms with Crippen molar-refractivity contribution in [2.75, 3.05) is 0 Å². The van der Waals surface area contributed by atoms with E-state index in [1.54, 1.807) is 0 Å². The van der Waals surface area contributed by atoms with Gasteiger partial charge in [0.25, 0.3) is 0 Å². The zero-order valence-corrected chi connectivity index (χ0v) is 9.31. The molecule has 80 valence electrons. The van der Waals surface area contributed by atoms with Gasteiger partial charge in [-0.1, -0.05) is 37.3 Å². The molecule has 0 bridgehead atoms. The maximum Gasteiger partial charge on any atom is 0.225 e. The third kappa shape index (κ3) is 1.76. The Morgan fingerprint density at radius 3 is 2.60 bits per heavy atom. The molecule has 0 radical (unpaired) electrons. The van der Waals surface area contributed by atoms with Gasteiger partial charge < -0.3 is 4.90 Å². The number of β-lactam (4-membered cyclic amide) rings is 1. The molecule has 0 saturated carbocycles. The number of hydrogen-bond acceptors (Lipinski definition) is 1. The predicted octanol–water partition coefficient (Wildman–Crippen LogP) is 2.76. The highest BCUT2D eigenvalue weighted by atomic mass is 16.2. The quantitative estimate of drug-likeness (QED) is 0.692. The zero-order valence-electron chi connectivity index (χ0n) is 9.31. The molecule has 1 amide bonds. The van der Waals surface area contributed by atoms with E-state index in [4.69, 9.17) is 0 Å². The van der Waals surface area contributed by atoms with E-state index >= 15 is 0 Å². The van der Waals surface area contributed by atoms with Crippen LogP contribution in [0.2, 0.25) is 0 Å². The van der Waals surface area contributed by atoms with Crippen LogP contribution in [0.25, 0.3) is 0 Å². The van der Waals surface area contributed by atoms with E-state index in [9.17, 15) is 4.79 Å². The number of benzene rings is 1. The molecule has 1 fully saturated rings. The van der Waals surface area contributed by atoms with Gasteiger partial charge in [0.2, 0.25) is 5.91 Å². The highest BCUT2D eigenvalue weighted by molar-refractivity contribution is 5.83. The lowest BCUT2D eigenvalue weighted by atomic mass is 9.94. The largest absolute Gasteiger partial charge is 0.332 e. The number of rotatable bonds is 3. The molecule has 2 nitrogen and oxygen atoms in total. The molecule has 2 atom stereocenters. The Kier molecular flexibility index (Phi) is 2.76. The van der Waals surface area contributed by atoms with Crippen LogP contribution in [0, 0.1) is 0 Å². The molecular weight excluding hydrogens is 186 g/mol. The van der Waals surface area contributed by atoms with Crippen LogP contribution < -0.4 is 0 Å². The molecule has 2 rings (SSSR count). The van der Waals surface area contributed by atoms with E-state index in [0.717, 1.165) is 12.8 Å². The minimum absolute atomic E-state index is 0.220. The van der Waals surface area contributed by atoms with E-state index < -0.39 is 0 Å². The second-order valence-electron chi connectivity index (χ2n) is 4.15. The molecule has 1 unspecified atom stereocenters. The maximum absolute atomic E-state index is 11.5. The summed E-state index contributed by atoms with van der Waals surface area (Å²) in [6.45, 7) is 4.25. The highest BCUT2D eigenvalue weighted by Crippen LogP contribution is 2.32. The topological polar surface area (TPSA) is 20.3 Å². The van der Waals surface area contributed by atoms with Crippen molar-refractivity contribution >= 4 is 5.91 Å². The number of amides is 1. The Labute approximate surface area is 90.9 Å². The lowest BCUT2D eigenvalue weighted by Crippen LogP contribution is -2.53. The van der Waals surface area contributed by atoms with Gasteiger partial charge >= 0.3 is 0 Å². The first-order chi connectivity index (χ1) is 7.24. The van der Waals surface area contributed by atoms with Crippen molar-refractivity contribution in [1.82, 2.24) is 4.90 Å². The van der Waals surface area contributed by atoms with Crippen molar-refractivity contribution in [1.29, 1.82) is 0 Å². The van der Waals surface area contributed by atoms with Crippen molar-refractivity contribution in [2.45, 2.75) is 38.8 Å². The smallest absolute Gasteiger partial charge is 0.225 e. The van der Waals surface area contributed by atoms with Gasteiger partial charge in [0.05, 0.1) is 6.04 Å². The molecule has 2 heteroatoms. The lowest BCUT2D eigenvalue weighted by molar-refractivity contribution is -0.149. The number of nitrogens with zero attached hydrogens (tertiary/aromatic N) is 1. The minimum Gasteiger partial charge on any atom is -0.332 e. The molecule has 1 saturated heterocycles. The van der Waals surface area contributed by atoms with Gasteiger partial charge in [-0.2, -0.15) is 0 Å². The van der Waals surface area contributed by atoms with Crippen molar-refractivity contribution < 1.29 is 4.79 Å². The fourth-order valence-electron chi connectivity index (χ4n) is 2.26. The van der Waals surface area contributed by atoms with E-state index in [-0.39, 0.29) is 6.04 Å². The van der Waals surface area contributed by atoms with Crippen LogP contribution in [-0.4, -0.2) is 16.8 Å². The Hall–Kier alpha value is -1.31. The van der Waals surface area contributed by atoms with Gasteiger partial charge in [-0.15, -0.1) is 0 Å². The summed E-state index contributed by atoms with van der Waals surface area (Å²) in [5.74, 6) is 0.290. The average molecular weight is 203 g/mol. The molecule has 0 N–H and O–H groups in total. The van der Waals surface area contributed by atoms with E-state index in [1.807, 2.05) is 23.1 Å². The molecule has 0 aliphatic carbocycles. The van der Waals surface area contributed by atoms with Crippen LogP contribution in [0.3, 0.4) is 0 Å². The van der Waals surface area contributed by atoms with Gasteiger partial charge in [-0.3, -0.25) is 4.79 Å². The van der Waals surface area contributed by atoms with E-state index in [2.05, 4.69) is 26.0 Å². The summed E-state index contributed by atoms with van der Waals surface area (Å²) in [6, 6.07) is 10.9. The Bertz CT molecular complexity index is 347. The van der Waals surface area contributed by atoms with Crippen molar-refractivity contribution in [3.05, 3.63) is 35.9 Å². The molecular formula is C13H17NO. The molecule has 1 aromatic carbocycles. The van der Waals surface area contributed by atoms with Crippen molar-refractivity contribution in [3.8, 4) is 0 Å². The van der Waals surface area contributed by atoms with Crippen LogP contribution in [0.1, 0.15) is 38.3 Å². The summed E-state index contributed by atoms with van der Waals surface area (Å²) < 4.78 is 0. The Morgan fingerprint density at radius 1 is 1.40 bits per heavy atom. The summed E-state index contributed by atoms with van der Waals surface area (Å²) in [6.07, 6.45) is 1.79. The van der Waals surface area contributed by atoms with Gasteiger partial charge in [0.15, 0.2) is 0 Å². The lowest BCUT2D eigenvalue weighted by Gasteiger charge is -2.44. The number of hydrogen-bond donors (Lipinski definition) is 0. The zero-order chi connectivity index (χ0) is 10.8. The molecule has 1 aromatic rings. The summed E-state index contributed by atoms with van der Waals surface area (Å²) in [5.41, 5.74) is 1.23. The van der Waals surface area contributed by atoms with Gasteiger partial charge in [0, 0.05) is 12.5 Å². The number of carbonyl (C=O) groups is 1. The molecule has 15 heavy (non-hydrogen) atoms. The summed E-state index contributed by atoms with van der Waals surface area (Å²) in [5, 5.41) is 0. The second kappa shape index (κ2) is 4.05. The highest BCUT2D eigenvalue weighted by Gasteiger charge is 2.37. The first kappa shape index (κ1) is 10.2. The standard InChI is InChI=1S/C13H17NO/c1-3-12-9-13(15)14(12)10(2)11-7-5-4-6-8-11/h4-8,10,12H,3,9H2,1-2H3/t10?,12-/m0/s1. The van der Waals surface area contributed by atoms with Gasteiger partial charge in [-0.05, 0) is 18.9 Å². The molecule has 0 aromatic heterocycles. The molecule has 1 aliphatic heterocycles. The number of likely N-dealkylation sites (tertiary alicyclic amines) is 1. The SMILES string of the molecule is CC[C@H]1CC(=O)N1C(C)c1ccccc1. The number of carbonyl (C=O) groups excluding carboxylic acids is 1. The first-order valence-electron chi connectivity index (χ1n) is 5.60.